The molecule has 1 rings (SSSR count). The first kappa shape index (κ1) is 14.0. The molecule has 0 aliphatic heterocycles. The molecule has 0 spiro atoms. The summed E-state index contributed by atoms with van der Waals surface area (Å²) >= 11 is 0. The fraction of sp³-hybridized carbons (Fsp3) is 0.643. The molecule has 96 valence electrons. The van der Waals surface area contributed by atoms with Gasteiger partial charge in [-0.3, -0.25) is 4.68 Å². The molecular formula is C14H25N3. The second-order valence-electron chi connectivity index (χ2n) is 4.66. The van der Waals surface area contributed by atoms with Crippen molar-refractivity contribution < 1.29 is 0 Å². The molecule has 1 heterocycles. The minimum atomic E-state index is 0.358. The molecule has 0 saturated heterocycles. The van der Waals surface area contributed by atoms with Crippen LogP contribution in [0.5, 0.6) is 0 Å². The average Bonchev–Trinajstić information content (AvgIpc) is 2.63. The van der Waals surface area contributed by atoms with E-state index < -0.39 is 0 Å². The lowest BCUT2D eigenvalue weighted by Gasteiger charge is -2.19. The molecule has 0 aliphatic carbocycles. The molecule has 0 radical (unpaired) electrons. The van der Waals surface area contributed by atoms with Crippen molar-refractivity contribution in [3.8, 4) is 0 Å². The van der Waals surface area contributed by atoms with E-state index in [4.69, 9.17) is 0 Å². The molecule has 0 bridgehead atoms. The lowest BCUT2D eigenvalue weighted by Crippen LogP contribution is -2.22. The van der Waals surface area contributed by atoms with Gasteiger partial charge in [0.15, 0.2) is 0 Å². The van der Waals surface area contributed by atoms with Crippen LogP contribution in [0, 0.1) is 6.92 Å². The first-order valence-corrected chi connectivity index (χ1v) is 6.48. The van der Waals surface area contributed by atoms with Crippen LogP contribution in [0.15, 0.2) is 18.3 Å². The summed E-state index contributed by atoms with van der Waals surface area (Å²) in [6.45, 7) is 11.6. The Bertz CT molecular complexity index is 366. The Morgan fingerprint density at radius 3 is 2.71 bits per heavy atom. The van der Waals surface area contributed by atoms with E-state index in [9.17, 15) is 0 Å². The number of aryl methyl sites for hydroxylation is 2. The zero-order chi connectivity index (χ0) is 12.8. The topological polar surface area (TPSA) is 29.9 Å². The molecule has 1 atom stereocenters. The second-order valence-corrected chi connectivity index (χ2v) is 4.66. The first-order chi connectivity index (χ1) is 8.08. The Kier molecular flexibility index (Phi) is 5.42. The van der Waals surface area contributed by atoms with Crippen LogP contribution >= 0.6 is 0 Å². The van der Waals surface area contributed by atoms with Gasteiger partial charge in [-0.15, -0.1) is 0 Å². The minimum absolute atomic E-state index is 0.358. The Hall–Kier alpha value is -1.09. The zero-order valence-electron chi connectivity index (χ0n) is 11.6. The number of aromatic nitrogens is 2. The third-order valence-electron chi connectivity index (χ3n) is 3.06. The molecule has 3 nitrogen and oxygen atoms in total. The molecular weight excluding hydrogens is 210 g/mol. The van der Waals surface area contributed by atoms with Gasteiger partial charge in [0.1, 0.15) is 0 Å². The highest BCUT2D eigenvalue weighted by molar-refractivity contribution is 5.22. The summed E-state index contributed by atoms with van der Waals surface area (Å²) in [6.07, 6.45) is 5.31. The number of hydrogen-bond acceptors (Lipinski definition) is 2. The zero-order valence-corrected chi connectivity index (χ0v) is 11.6. The van der Waals surface area contributed by atoms with Crippen molar-refractivity contribution in [2.24, 2.45) is 7.05 Å². The molecule has 0 saturated carbocycles. The molecule has 1 unspecified atom stereocenters. The lowest BCUT2D eigenvalue weighted by atomic mass is 9.99. The molecule has 0 fully saturated rings. The van der Waals surface area contributed by atoms with Gasteiger partial charge in [-0.25, -0.2) is 0 Å². The molecule has 0 aromatic carbocycles. The van der Waals surface area contributed by atoms with Crippen LogP contribution in [0.4, 0.5) is 0 Å². The van der Waals surface area contributed by atoms with Gasteiger partial charge < -0.3 is 5.32 Å². The average molecular weight is 235 g/mol. The van der Waals surface area contributed by atoms with Gasteiger partial charge >= 0.3 is 0 Å². The number of nitrogens with one attached hydrogen (secondary N) is 1. The fourth-order valence-electron chi connectivity index (χ4n) is 2.00. The summed E-state index contributed by atoms with van der Waals surface area (Å²) in [5, 5.41) is 8.01. The summed E-state index contributed by atoms with van der Waals surface area (Å²) in [7, 11) is 1.97. The highest BCUT2D eigenvalue weighted by atomic mass is 15.3. The van der Waals surface area contributed by atoms with Crippen molar-refractivity contribution in [3.05, 3.63) is 29.6 Å². The van der Waals surface area contributed by atoms with Crippen LogP contribution in [0.25, 0.3) is 0 Å². The predicted molar refractivity (Wildman–Crippen MR) is 73.0 cm³/mol. The quantitative estimate of drug-likeness (QED) is 0.736. The van der Waals surface area contributed by atoms with Gasteiger partial charge in [0.25, 0.3) is 0 Å². The van der Waals surface area contributed by atoms with Gasteiger partial charge in [0.2, 0.25) is 0 Å². The molecule has 1 aromatic heterocycles. The van der Waals surface area contributed by atoms with E-state index in [2.05, 4.69) is 44.0 Å². The number of rotatable bonds is 7. The van der Waals surface area contributed by atoms with Crippen LogP contribution < -0.4 is 5.32 Å². The van der Waals surface area contributed by atoms with Gasteiger partial charge in [-0.05, 0) is 32.7 Å². The highest BCUT2D eigenvalue weighted by Crippen LogP contribution is 2.23. The third kappa shape index (κ3) is 4.00. The third-order valence-corrected chi connectivity index (χ3v) is 3.06. The predicted octanol–water partition coefficient (Wildman–Crippen LogP) is 3.13. The summed E-state index contributed by atoms with van der Waals surface area (Å²) < 4.78 is 1.89. The lowest BCUT2D eigenvalue weighted by molar-refractivity contribution is 0.521. The smallest absolute Gasteiger partial charge is 0.0641 e. The maximum Gasteiger partial charge on any atom is 0.0641 e. The van der Waals surface area contributed by atoms with Gasteiger partial charge in [-0.1, -0.05) is 26.0 Å². The molecule has 1 N–H and O–H groups in total. The molecule has 3 heteroatoms. The number of hydrogen-bond donors (Lipinski definition) is 1. The molecule has 0 aliphatic rings. The van der Waals surface area contributed by atoms with E-state index in [-0.39, 0.29) is 0 Å². The molecule has 0 amide bonds. The van der Waals surface area contributed by atoms with Crippen LogP contribution in [-0.4, -0.2) is 16.3 Å². The van der Waals surface area contributed by atoms with Crippen molar-refractivity contribution in [2.45, 2.75) is 46.1 Å². The van der Waals surface area contributed by atoms with Gasteiger partial charge in [-0.2, -0.15) is 5.10 Å². The largest absolute Gasteiger partial charge is 0.310 e. The standard InChI is InChI=1S/C14H25N3/c1-6-8-15-14(9-11(3)7-2)13-10-17(5)16-12(13)4/h10,14-15H,3,6-9H2,1-2,4-5H3. The van der Waals surface area contributed by atoms with E-state index in [1.807, 2.05) is 11.7 Å². The summed E-state index contributed by atoms with van der Waals surface area (Å²) in [5.74, 6) is 0. The van der Waals surface area contributed by atoms with Crippen LogP contribution in [0.2, 0.25) is 0 Å². The van der Waals surface area contributed by atoms with Crippen LogP contribution in [0.3, 0.4) is 0 Å². The highest BCUT2D eigenvalue weighted by Gasteiger charge is 2.16. The fourth-order valence-corrected chi connectivity index (χ4v) is 2.00. The van der Waals surface area contributed by atoms with E-state index in [1.165, 1.54) is 11.1 Å². The van der Waals surface area contributed by atoms with Crippen molar-refractivity contribution in [3.63, 3.8) is 0 Å². The SMILES string of the molecule is C=C(CC)CC(NCCC)c1cn(C)nc1C. The minimum Gasteiger partial charge on any atom is -0.310 e. The van der Waals surface area contributed by atoms with Crippen molar-refractivity contribution in [1.82, 2.24) is 15.1 Å². The maximum atomic E-state index is 4.42. The Balaban J connectivity index is 2.81. The van der Waals surface area contributed by atoms with E-state index in [0.717, 1.165) is 31.5 Å². The van der Waals surface area contributed by atoms with E-state index >= 15 is 0 Å². The molecule has 1 aromatic rings. The molecule has 17 heavy (non-hydrogen) atoms. The summed E-state index contributed by atoms with van der Waals surface area (Å²) in [5.41, 5.74) is 3.71. The van der Waals surface area contributed by atoms with Crippen molar-refractivity contribution >= 4 is 0 Å². The summed E-state index contributed by atoms with van der Waals surface area (Å²) in [4.78, 5) is 0. The maximum absolute atomic E-state index is 4.42. The Morgan fingerprint density at radius 1 is 1.53 bits per heavy atom. The first-order valence-electron chi connectivity index (χ1n) is 6.48. The van der Waals surface area contributed by atoms with Gasteiger partial charge in [0, 0.05) is 24.8 Å². The van der Waals surface area contributed by atoms with E-state index in [0.29, 0.717) is 6.04 Å². The van der Waals surface area contributed by atoms with Gasteiger partial charge in [0.05, 0.1) is 5.69 Å². The van der Waals surface area contributed by atoms with Crippen LogP contribution in [0.1, 0.15) is 50.4 Å². The monoisotopic (exact) mass is 235 g/mol. The normalized spacial score (nSPS) is 12.7. The van der Waals surface area contributed by atoms with Crippen molar-refractivity contribution in [1.29, 1.82) is 0 Å². The Labute approximate surface area is 105 Å². The second kappa shape index (κ2) is 6.60. The Morgan fingerprint density at radius 2 is 2.24 bits per heavy atom. The summed E-state index contributed by atoms with van der Waals surface area (Å²) in [6, 6.07) is 0.358. The van der Waals surface area contributed by atoms with E-state index in [1.54, 1.807) is 0 Å². The van der Waals surface area contributed by atoms with Crippen molar-refractivity contribution in [2.75, 3.05) is 6.54 Å². The van der Waals surface area contributed by atoms with Crippen LogP contribution in [-0.2, 0) is 7.05 Å². The number of nitrogens with zero attached hydrogens (tertiary/aromatic N) is 2.